The van der Waals surface area contributed by atoms with Crippen LogP contribution < -0.4 is 5.32 Å². The van der Waals surface area contributed by atoms with Crippen LogP contribution in [0.3, 0.4) is 0 Å². The minimum Gasteiger partial charge on any atom is -0.467 e. The number of hydrogen-bond donors (Lipinski definition) is 1. The first-order valence-corrected chi connectivity index (χ1v) is 16.0. The number of hydrogen-bond acceptors (Lipinski definition) is 7. The quantitative estimate of drug-likeness (QED) is 0.290. The minimum atomic E-state index is -0.586. The number of nitrogens with one attached hydrogen (secondary N) is 1. The molecule has 3 aromatic rings. The number of nitrogens with zero attached hydrogens (tertiary/aromatic N) is 3. The van der Waals surface area contributed by atoms with Crippen molar-refractivity contribution in [2.45, 2.75) is 62.8 Å². The van der Waals surface area contributed by atoms with Crippen LogP contribution in [-0.2, 0) is 20.9 Å². The summed E-state index contributed by atoms with van der Waals surface area (Å²) in [5.74, 6) is 0.164. The molecule has 2 aromatic carbocycles. The van der Waals surface area contributed by atoms with E-state index in [4.69, 9.17) is 9.15 Å². The number of carbonyl (C=O) groups is 3. The average molecular weight is 619 g/mol. The Morgan fingerprint density at radius 1 is 1.02 bits per heavy atom. The fourth-order valence-corrected chi connectivity index (χ4v) is 7.14. The zero-order valence-corrected chi connectivity index (χ0v) is 25.1. The lowest BCUT2D eigenvalue weighted by atomic mass is 9.90. The van der Waals surface area contributed by atoms with Gasteiger partial charge in [0.1, 0.15) is 22.9 Å². The Balaban J connectivity index is 1.11. The van der Waals surface area contributed by atoms with Crippen LogP contribution in [-0.4, -0.2) is 52.1 Å². The molecule has 11 heteroatoms. The van der Waals surface area contributed by atoms with E-state index in [-0.39, 0.29) is 18.4 Å². The van der Waals surface area contributed by atoms with Crippen molar-refractivity contribution >= 4 is 46.2 Å². The third kappa shape index (κ3) is 6.99. The van der Waals surface area contributed by atoms with Crippen molar-refractivity contribution in [3.8, 4) is 0 Å². The predicted molar refractivity (Wildman–Crippen MR) is 166 cm³/mol. The van der Waals surface area contributed by atoms with E-state index < -0.39 is 23.2 Å². The number of benzene rings is 2. The van der Waals surface area contributed by atoms with Crippen molar-refractivity contribution in [3.63, 3.8) is 0 Å². The predicted octanol–water partition coefficient (Wildman–Crippen LogP) is 7.04. The van der Waals surface area contributed by atoms with E-state index in [1.54, 1.807) is 54.8 Å². The number of amidine groups is 1. The number of anilines is 1. The molecule has 2 aliphatic heterocycles. The zero-order chi connectivity index (χ0) is 30.5. The van der Waals surface area contributed by atoms with E-state index in [0.717, 1.165) is 24.8 Å². The summed E-state index contributed by atoms with van der Waals surface area (Å²) in [4.78, 5) is 47.2. The summed E-state index contributed by atoms with van der Waals surface area (Å²) < 4.78 is 24.9. The van der Waals surface area contributed by atoms with Gasteiger partial charge in [-0.2, -0.15) is 0 Å². The van der Waals surface area contributed by atoms with Crippen LogP contribution in [0.5, 0.6) is 0 Å². The number of aliphatic imine (C=N–C) groups is 1. The Hall–Kier alpha value is -4.12. The molecule has 230 valence electrons. The molecule has 9 nitrogen and oxygen atoms in total. The fourth-order valence-electron chi connectivity index (χ4n) is 5.96. The van der Waals surface area contributed by atoms with E-state index in [2.05, 4.69) is 10.3 Å². The van der Waals surface area contributed by atoms with Gasteiger partial charge in [-0.25, -0.2) is 14.2 Å². The molecule has 0 radical (unpaired) electrons. The van der Waals surface area contributed by atoms with Gasteiger partial charge in [0.15, 0.2) is 5.17 Å². The van der Waals surface area contributed by atoms with Gasteiger partial charge in [0, 0.05) is 12.2 Å². The third-order valence-corrected chi connectivity index (χ3v) is 9.54. The maximum atomic E-state index is 13.8. The summed E-state index contributed by atoms with van der Waals surface area (Å²) in [6.45, 7) is 1.10. The SMILES string of the molecule is O=C(Nc1ccc(C2SC(=Nc3cccc(F)c3)N(Cc3ccco3)C2=O)cc1)[C@@H]1CCCN1C(=O)OCC1CCCCC1. The third-order valence-electron chi connectivity index (χ3n) is 8.31. The van der Waals surface area contributed by atoms with Crippen LogP contribution in [0.4, 0.5) is 20.6 Å². The summed E-state index contributed by atoms with van der Waals surface area (Å²) in [6.07, 6.45) is 8.21. The molecule has 1 saturated carbocycles. The summed E-state index contributed by atoms with van der Waals surface area (Å²) in [6, 6.07) is 16.0. The first-order chi connectivity index (χ1) is 21.4. The molecule has 44 heavy (non-hydrogen) atoms. The Bertz CT molecular complexity index is 1510. The maximum Gasteiger partial charge on any atom is 0.410 e. The second-order valence-corrected chi connectivity index (χ2v) is 12.5. The van der Waals surface area contributed by atoms with Crippen LogP contribution >= 0.6 is 11.8 Å². The highest BCUT2D eigenvalue weighted by Crippen LogP contribution is 2.41. The minimum absolute atomic E-state index is 0.174. The Labute approximate surface area is 259 Å². The van der Waals surface area contributed by atoms with Gasteiger partial charge >= 0.3 is 6.09 Å². The van der Waals surface area contributed by atoms with Gasteiger partial charge in [0.2, 0.25) is 11.8 Å². The van der Waals surface area contributed by atoms with Crippen molar-refractivity contribution in [2.24, 2.45) is 10.9 Å². The van der Waals surface area contributed by atoms with Crippen molar-refractivity contribution in [3.05, 3.63) is 84.1 Å². The topological polar surface area (TPSA) is 104 Å². The molecular formula is C33H35FN4O5S. The molecule has 0 spiro atoms. The summed E-state index contributed by atoms with van der Waals surface area (Å²) in [7, 11) is 0. The van der Waals surface area contributed by atoms with Crippen molar-refractivity contribution in [2.75, 3.05) is 18.5 Å². The van der Waals surface area contributed by atoms with Gasteiger partial charge in [-0.1, -0.05) is 49.2 Å². The van der Waals surface area contributed by atoms with E-state index in [1.165, 1.54) is 53.0 Å². The Morgan fingerprint density at radius 3 is 2.59 bits per heavy atom. The van der Waals surface area contributed by atoms with Crippen LogP contribution in [0.1, 0.15) is 61.5 Å². The second-order valence-electron chi connectivity index (χ2n) is 11.4. The number of carbonyl (C=O) groups excluding carboxylic acids is 3. The number of ether oxygens (including phenoxy) is 1. The van der Waals surface area contributed by atoms with E-state index in [9.17, 15) is 18.8 Å². The lowest BCUT2D eigenvalue weighted by Gasteiger charge is -2.26. The van der Waals surface area contributed by atoms with Gasteiger partial charge in [-0.05, 0) is 79.6 Å². The molecule has 3 aliphatic rings. The Kier molecular flexibility index (Phi) is 9.30. The number of likely N-dealkylation sites (tertiary alicyclic amines) is 1. The lowest BCUT2D eigenvalue weighted by Crippen LogP contribution is -2.43. The maximum absolute atomic E-state index is 13.8. The smallest absolute Gasteiger partial charge is 0.410 e. The highest BCUT2D eigenvalue weighted by molar-refractivity contribution is 8.15. The van der Waals surface area contributed by atoms with Crippen LogP contribution in [0, 0.1) is 11.7 Å². The van der Waals surface area contributed by atoms with E-state index >= 15 is 0 Å². The van der Waals surface area contributed by atoms with Crippen molar-refractivity contribution in [1.82, 2.24) is 9.80 Å². The molecule has 1 aliphatic carbocycles. The summed E-state index contributed by atoms with van der Waals surface area (Å²) in [5.41, 5.74) is 1.71. The highest BCUT2D eigenvalue weighted by atomic mass is 32.2. The molecule has 1 unspecified atom stereocenters. The Morgan fingerprint density at radius 2 is 1.84 bits per heavy atom. The fraction of sp³-hybridized carbons (Fsp3) is 0.394. The van der Waals surface area contributed by atoms with Gasteiger partial charge in [0.05, 0.1) is 25.1 Å². The number of amides is 3. The van der Waals surface area contributed by atoms with Crippen LogP contribution in [0.2, 0.25) is 0 Å². The van der Waals surface area contributed by atoms with Crippen molar-refractivity contribution < 1.29 is 27.9 Å². The lowest BCUT2D eigenvalue weighted by molar-refractivity contribution is -0.126. The normalized spacial score (nSPS) is 21.7. The van der Waals surface area contributed by atoms with Gasteiger partial charge in [-0.15, -0.1) is 0 Å². The molecule has 6 rings (SSSR count). The summed E-state index contributed by atoms with van der Waals surface area (Å²) >= 11 is 1.28. The highest BCUT2D eigenvalue weighted by Gasteiger charge is 2.40. The zero-order valence-electron chi connectivity index (χ0n) is 24.3. The second kappa shape index (κ2) is 13.7. The monoisotopic (exact) mass is 618 g/mol. The van der Waals surface area contributed by atoms with Gasteiger partial charge in [-0.3, -0.25) is 19.4 Å². The average Bonchev–Trinajstić information content (AvgIpc) is 3.80. The first-order valence-electron chi connectivity index (χ1n) is 15.1. The van der Waals surface area contributed by atoms with Crippen LogP contribution in [0.25, 0.3) is 0 Å². The molecule has 3 amide bonds. The summed E-state index contributed by atoms with van der Waals surface area (Å²) in [5, 5.41) is 2.79. The van der Waals surface area contributed by atoms with E-state index in [0.29, 0.717) is 47.8 Å². The largest absolute Gasteiger partial charge is 0.467 e. The number of furan rings is 1. The molecule has 0 bridgehead atoms. The first kappa shape index (κ1) is 29.9. The molecule has 2 atom stereocenters. The molecule has 1 N–H and O–H groups in total. The standard InChI is InChI=1S/C33H35FN4O5S/c34-24-9-4-10-26(19-24)36-32-38(20-27-11-6-18-42-27)31(40)29(44-32)23-13-15-25(16-14-23)35-30(39)28-12-5-17-37(28)33(41)43-21-22-7-2-1-3-8-22/h4,6,9-11,13-16,18-19,22,28-29H,1-3,5,7-8,12,17,20-21H2,(H,35,39)/t28-,29?/m0/s1. The molecule has 2 saturated heterocycles. The van der Waals surface area contributed by atoms with Gasteiger partial charge in [0.25, 0.3) is 0 Å². The van der Waals surface area contributed by atoms with Gasteiger partial charge < -0.3 is 14.5 Å². The molecule has 3 heterocycles. The van der Waals surface area contributed by atoms with Crippen LogP contribution in [0.15, 0.2) is 76.3 Å². The van der Waals surface area contributed by atoms with Crippen molar-refractivity contribution in [1.29, 1.82) is 0 Å². The molecular weight excluding hydrogens is 583 g/mol. The number of rotatable bonds is 8. The molecule has 1 aromatic heterocycles. The molecule has 3 fully saturated rings. The number of thioether (sulfide) groups is 1. The number of halogens is 1. The van der Waals surface area contributed by atoms with E-state index in [1.807, 2.05) is 0 Å².